The van der Waals surface area contributed by atoms with Crippen LogP contribution >= 0.6 is 11.6 Å². The number of nitrogens with zero attached hydrogens (tertiary/aromatic N) is 4. The molecule has 0 unspecified atom stereocenters. The van der Waals surface area contributed by atoms with E-state index in [1.54, 1.807) is 20.0 Å². The second kappa shape index (κ2) is 6.34. The van der Waals surface area contributed by atoms with Gasteiger partial charge in [0.2, 0.25) is 0 Å². The molecule has 0 aliphatic rings. The fourth-order valence-corrected chi connectivity index (χ4v) is 2.47. The van der Waals surface area contributed by atoms with Crippen LogP contribution in [-0.4, -0.2) is 32.6 Å². The van der Waals surface area contributed by atoms with Crippen molar-refractivity contribution in [2.24, 2.45) is 0 Å². The van der Waals surface area contributed by atoms with Crippen LogP contribution in [0.15, 0.2) is 30.5 Å². The van der Waals surface area contributed by atoms with Crippen LogP contribution in [0.25, 0.3) is 10.9 Å². The summed E-state index contributed by atoms with van der Waals surface area (Å²) in [6, 6.07) is 7.71. The first-order chi connectivity index (χ1) is 11.1. The molecule has 0 saturated heterocycles. The van der Waals surface area contributed by atoms with Gasteiger partial charge in [0.05, 0.1) is 29.4 Å². The van der Waals surface area contributed by atoms with Crippen LogP contribution in [-0.2, 0) is 11.3 Å². The lowest BCUT2D eigenvalue weighted by molar-refractivity contribution is 0.0517. The van der Waals surface area contributed by atoms with Gasteiger partial charge >= 0.3 is 5.97 Å². The second-order valence-electron chi connectivity index (χ2n) is 5.07. The highest BCUT2D eigenvalue weighted by Crippen LogP contribution is 2.18. The average molecular weight is 331 g/mol. The Bertz CT molecular complexity index is 876. The van der Waals surface area contributed by atoms with Crippen molar-refractivity contribution >= 4 is 28.5 Å². The Kier molecular flexibility index (Phi) is 4.25. The predicted molar refractivity (Wildman–Crippen MR) is 86.6 cm³/mol. The Balaban J connectivity index is 1.87. The van der Waals surface area contributed by atoms with Crippen LogP contribution in [0.4, 0.5) is 0 Å². The molecule has 0 saturated carbocycles. The maximum atomic E-state index is 11.8. The summed E-state index contributed by atoms with van der Waals surface area (Å²) in [5, 5.41) is 10.0. The number of carbonyl (C=O) groups excluding carboxylic acids is 1. The molecule has 0 radical (unpaired) electrons. The van der Waals surface area contributed by atoms with E-state index in [9.17, 15) is 4.79 Å². The standard InChI is InChI=1S/C16H15ClN4O2/c1-3-23-16(22)15-10(2)19-21(20-15)9-11-4-5-14-12(6-11)7-13(17)8-18-14/h4-8H,3,9H2,1-2H3. The Hall–Kier alpha value is -2.47. The normalized spacial score (nSPS) is 10.9. The summed E-state index contributed by atoms with van der Waals surface area (Å²) in [4.78, 5) is 17.5. The molecule has 0 amide bonds. The van der Waals surface area contributed by atoms with Crippen molar-refractivity contribution in [1.29, 1.82) is 0 Å². The molecule has 118 valence electrons. The predicted octanol–water partition coefficient (Wildman–Crippen LogP) is 3.01. The fourth-order valence-electron chi connectivity index (χ4n) is 2.31. The SMILES string of the molecule is CCOC(=O)c1nn(Cc2ccc3ncc(Cl)cc3c2)nc1C. The zero-order valence-electron chi connectivity index (χ0n) is 12.8. The Morgan fingerprint density at radius 3 is 2.91 bits per heavy atom. The zero-order valence-corrected chi connectivity index (χ0v) is 13.5. The minimum absolute atomic E-state index is 0.248. The minimum atomic E-state index is -0.453. The Labute approximate surface area is 138 Å². The van der Waals surface area contributed by atoms with Gasteiger partial charge in [-0.15, -0.1) is 5.10 Å². The summed E-state index contributed by atoms with van der Waals surface area (Å²) in [5.41, 5.74) is 2.66. The van der Waals surface area contributed by atoms with Crippen LogP contribution in [0, 0.1) is 6.92 Å². The van der Waals surface area contributed by atoms with E-state index in [1.165, 1.54) is 4.80 Å². The molecule has 0 bridgehead atoms. The van der Waals surface area contributed by atoms with Gasteiger partial charge in [0.1, 0.15) is 0 Å². The minimum Gasteiger partial charge on any atom is -0.461 e. The third kappa shape index (κ3) is 3.32. The number of fused-ring (bicyclic) bond motifs is 1. The number of rotatable bonds is 4. The summed E-state index contributed by atoms with van der Waals surface area (Å²) < 4.78 is 4.97. The lowest BCUT2D eigenvalue weighted by atomic mass is 10.1. The largest absolute Gasteiger partial charge is 0.461 e. The number of pyridine rings is 1. The van der Waals surface area contributed by atoms with E-state index in [1.807, 2.05) is 24.3 Å². The molecule has 3 aromatic rings. The smallest absolute Gasteiger partial charge is 0.360 e. The molecular weight excluding hydrogens is 316 g/mol. The first kappa shape index (κ1) is 15.4. The molecule has 23 heavy (non-hydrogen) atoms. The molecular formula is C16H15ClN4O2. The second-order valence-corrected chi connectivity index (χ2v) is 5.50. The molecule has 0 fully saturated rings. The van der Waals surface area contributed by atoms with E-state index in [2.05, 4.69) is 15.2 Å². The molecule has 0 aliphatic heterocycles. The first-order valence-electron chi connectivity index (χ1n) is 7.20. The van der Waals surface area contributed by atoms with Gasteiger partial charge in [0, 0.05) is 11.6 Å². The lowest BCUT2D eigenvalue weighted by Gasteiger charge is -2.03. The van der Waals surface area contributed by atoms with Gasteiger partial charge in [-0.05, 0) is 37.6 Å². The highest BCUT2D eigenvalue weighted by Gasteiger charge is 2.16. The first-order valence-corrected chi connectivity index (χ1v) is 7.57. The summed E-state index contributed by atoms with van der Waals surface area (Å²) in [7, 11) is 0. The monoisotopic (exact) mass is 330 g/mol. The van der Waals surface area contributed by atoms with Crippen LogP contribution < -0.4 is 0 Å². The van der Waals surface area contributed by atoms with Crippen molar-refractivity contribution in [1.82, 2.24) is 20.0 Å². The summed E-state index contributed by atoms with van der Waals surface area (Å²) in [5.74, 6) is -0.453. The number of halogens is 1. The van der Waals surface area contributed by atoms with Crippen molar-refractivity contribution in [3.8, 4) is 0 Å². The van der Waals surface area contributed by atoms with E-state index in [-0.39, 0.29) is 5.69 Å². The van der Waals surface area contributed by atoms with Crippen molar-refractivity contribution < 1.29 is 9.53 Å². The van der Waals surface area contributed by atoms with E-state index >= 15 is 0 Å². The molecule has 0 spiro atoms. The number of carbonyl (C=O) groups is 1. The third-order valence-corrected chi connectivity index (χ3v) is 3.54. The summed E-state index contributed by atoms with van der Waals surface area (Å²) >= 11 is 5.98. The van der Waals surface area contributed by atoms with Gasteiger partial charge in [0.15, 0.2) is 5.69 Å². The molecule has 1 aromatic carbocycles. The van der Waals surface area contributed by atoms with Crippen LogP contribution in [0.2, 0.25) is 5.02 Å². The van der Waals surface area contributed by atoms with Gasteiger partial charge in [0.25, 0.3) is 0 Å². The Morgan fingerprint density at radius 2 is 2.13 bits per heavy atom. The number of hydrogen-bond donors (Lipinski definition) is 0. The van der Waals surface area contributed by atoms with Crippen molar-refractivity contribution in [2.75, 3.05) is 6.61 Å². The lowest BCUT2D eigenvalue weighted by Crippen LogP contribution is -2.09. The summed E-state index contributed by atoms with van der Waals surface area (Å²) in [6.45, 7) is 4.25. The van der Waals surface area contributed by atoms with E-state index < -0.39 is 5.97 Å². The van der Waals surface area contributed by atoms with Crippen molar-refractivity contribution in [2.45, 2.75) is 20.4 Å². The number of esters is 1. The summed E-state index contributed by atoms with van der Waals surface area (Å²) in [6.07, 6.45) is 1.62. The van der Waals surface area contributed by atoms with Gasteiger partial charge in [-0.25, -0.2) is 4.79 Å². The van der Waals surface area contributed by atoms with Gasteiger partial charge in [-0.1, -0.05) is 17.7 Å². The highest BCUT2D eigenvalue weighted by molar-refractivity contribution is 6.31. The molecule has 6 nitrogen and oxygen atoms in total. The Morgan fingerprint density at radius 1 is 1.30 bits per heavy atom. The van der Waals surface area contributed by atoms with Crippen LogP contribution in [0.3, 0.4) is 0 Å². The topological polar surface area (TPSA) is 69.9 Å². The molecule has 0 aliphatic carbocycles. The van der Waals surface area contributed by atoms with Crippen molar-refractivity contribution in [3.63, 3.8) is 0 Å². The van der Waals surface area contributed by atoms with Crippen LogP contribution in [0.1, 0.15) is 28.7 Å². The number of aryl methyl sites for hydroxylation is 1. The van der Waals surface area contributed by atoms with E-state index in [0.717, 1.165) is 16.5 Å². The van der Waals surface area contributed by atoms with Crippen LogP contribution in [0.5, 0.6) is 0 Å². The van der Waals surface area contributed by atoms with Gasteiger partial charge in [-0.2, -0.15) is 9.90 Å². The number of benzene rings is 1. The molecule has 0 atom stereocenters. The number of hydrogen-bond acceptors (Lipinski definition) is 5. The molecule has 7 heteroatoms. The third-order valence-electron chi connectivity index (χ3n) is 3.33. The van der Waals surface area contributed by atoms with E-state index in [0.29, 0.717) is 23.9 Å². The highest BCUT2D eigenvalue weighted by atomic mass is 35.5. The van der Waals surface area contributed by atoms with Gasteiger partial charge in [-0.3, -0.25) is 4.98 Å². The fraction of sp³-hybridized carbons (Fsp3) is 0.250. The van der Waals surface area contributed by atoms with E-state index in [4.69, 9.17) is 16.3 Å². The molecule has 2 heterocycles. The maximum absolute atomic E-state index is 11.8. The number of ether oxygens (including phenoxy) is 1. The number of aromatic nitrogens is 4. The molecule has 0 N–H and O–H groups in total. The molecule has 3 rings (SSSR count). The van der Waals surface area contributed by atoms with Crippen molar-refractivity contribution in [3.05, 3.63) is 52.4 Å². The quantitative estimate of drug-likeness (QED) is 0.688. The average Bonchev–Trinajstić information content (AvgIpc) is 2.87. The molecule has 2 aromatic heterocycles. The zero-order chi connectivity index (χ0) is 16.4. The van der Waals surface area contributed by atoms with Gasteiger partial charge < -0.3 is 4.74 Å². The maximum Gasteiger partial charge on any atom is 0.360 e.